The van der Waals surface area contributed by atoms with Gasteiger partial charge in [-0.05, 0) is 36.1 Å². The first-order valence-electron chi connectivity index (χ1n) is 7.99. The summed E-state index contributed by atoms with van der Waals surface area (Å²) in [4.78, 5) is 4.94. The molecule has 0 radical (unpaired) electrons. The van der Waals surface area contributed by atoms with E-state index in [2.05, 4.69) is 17.5 Å². The fourth-order valence-electron chi connectivity index (χ4n) is 3.44. The average Bonchev–Trinajstić information content (AvgIpc) is 3.02. The van der Waals surface area contributed by atoms with Crippen LogP contribution in [-0.2, 0) is 12.6 Å². The zero-order valence-corrected chi connectivity index (χ0v) is 13.6. The van der Waals surface area contributed by atoms with Crippen molar-refractivity contribution < 1.29 is 13.2 Å². The summed E-state index contributed by atoms with van der Waals surface area (Å²) in [6.45, 7) is 11.2. The van der Waals surface area contributed by atoms with Crippen molar-refractivity contribution in [2.75, 3.05) is 11.4 Å². The molecule has 1 aliphatic rings. The van der Waals surface area contributed by atoms with Gasteiger partial charge in [-0.3, -0.25) is 0 Å². The zero-order valence-electron chi connectivity index (χ0n) is 13.6. The lowest BCUT2D eigenvalue weighted by atomic mass is 10.0. The van der Waals surface area contributed by atoms with Crippen LogP contribution in [0.15, 0.2) is 55.1 Å². The molecule has 1 atom stereocenters. The van der Waals surface area contributed by atoms with Crippen LogP contribution in [0.4, 0.5) is 24.5 Å². The first-order valence-corrected chi connectivity index (χ1v) is 7.99. The van der Waals surface area contributed by atoms with Crippen molar-refractivity contribution in [3.8, 4) is 0 Å². The van der Waals surface area contributed by atoms with Crippen molar-refractivity contribution >= 4 is 11.4 Å². The summed E-state index contributed by atoms with van der Waals surface area (Å²) in [7, 11) is 0. The lowest BCUT2D eigenvalue weighted by Crippen LogP contribution is -2.27. The van der Waals surface area contributed by atoms with E-state index in [0.717, 1.165) is 24.5 Å². The van der Waals surface area contributed by atoms with E-state index in [0.29, 0.717) is 12.2 Å². The molecule has 0 N–H and O–H groups in total. The maximum Gasteiger partial charge on any atom is 0.407 e. The van der Waals surface area contributed by atoms with Crippen molar-refractivity contribution in [1.82, 2.24) is 0 Å². The second kappa shape index (κ2) is 6.64. The Balaban J connectivity index is 2.06. The third-order valence-electron chi connectivity index (χ3n) is 4.54. The summed E-state index contributed by atoms with van der Waals surface area (Å²) in [6, 6.07) is 11.9. The van der Waals surface area contributed by atoms with Gasteiger partial charge in [0.05, 0.1) is 18.2 Å². The topological polar surface area (TPSA) is 7.60 Å². The molecular formula is C20H17F3N2. The van der Waals surface area contributed by atoms with Crippen LogP contribution in [0.25, 0.3) is 4.85 Å². The lowest BCUT2D eigenvalue weighted by molar-refractivity contribution is -0.136. The monoisotopic (exact) mass is 342 g/mol. The molecule has 0 fully saturated rings. The molecule has 0 heterocycles. The Labute approximate surface area is 145 Å². The molecule has 0 bridgehead atoms. The van der Waals surface area contributed by atoms with Gasteiger partial charge >= 0.3 is 6.18 Å². The zero-order chi connectivity index (χ0) is 18.0. The van der Waals surface area contributed by atoms with Crippen LogP contribution in [-0.4, -0.2) is 6.54 Å². The SMILES string of the molecule is [C-]#[N+]c1ccc(N(CC=C)C2CCc3ccccc32)cc1C(F)(F)F. The molecule has 0 amide bonds. The van der Waals surface area contributed by atoms with Crippen molar-refractivity contribution in [3.63, 3.8) is 0 Å². The van der Waals surface area contributed by atoms with Crippen molar-refractivity contribution in [3.05, 3.63) is 83.2 Å². The van der Waals surface area contributed by atoms with Gasteiger partial charge in [-0.15, -0.1) is 6.58 Å². The Bertz CT molecular complexity index is 834. The lowest BCUT2D eigenvalue weighted by Gasteiger charge is -2.31. The Kier molecular flexibility index (Phi) is 4.54. The fraction of sp³-hybridized carbons (Fsp3) is 0.250. The number of nitrogens with zero attached hydrogens (tertiary/aromatic N) is 2. The maximum absolute atomic E-state index is 13.3. The van der Waals surface area contributed by atoms with Gasteiger partial charge < -0.3 is 4.90 Å². The third kappa shape index (κ3) is 3.25. The number of alkyl halides is 3. The van der Waals surface area contributed by atoms with E-state index in [9.17, 15) is 13.2 Å². The minimum absolute atomic E-state index is 0.00840. The minimum Gasteiger partial charge on any atom is -0.361 e. The van der Waals surface area contributed by atoms with Crippen molar-refractivity contribution in [2.45, 2.75) is 25.1 Å². The smallest absolute Gasteiger partial charge is 0.361 e. The first-order chi connectivity index (χ1) is 12.0. The van der Waals surface area contributed by atoms with Crippen LogP contribution in [0.3, 0.4) is 0 Å². The summed E-state index contributed by atoms with van der Waals surface area (Å²) < 4.78 is 39.9. The molecule has 0 spiro atoms. The molecule has 1 aliphatic carbocycles. The minimum atomic E-state index is -4.55. The summed E-state index contributed by atoms with van der Waals surface area (Å²) in [5.74, 6) is 0. The molecule has 0 saturated heterocycles. The highest BCUT2D eigenvalue weighted by molar-refractivity contribution is 5.63. The van der Waals surface area contributed by atoms with Gasteiger partial charge in [0, 0.05) is 12.2 Å². The second-order valence-corrected chi connectivity index (χ2v) is 6.01. The van der Waals surface area contributed by atoms with Gasteiger partial charge in [0.25, 0.3) is 0 Å². The maximum atomic E-state index is 13.3. The molecule has 3 rings (SSSR count). The molecule has 128 valence electrons. The van der Waals surface area contributed by atoms with Gasteiger partial charge in [-0.1, -0.05) is 36.4 Å². The van der Waals surface area contributed by atoms with Crippen LogP contribution in [0, 0.1) is 6.57 Å². The average molecular weight is 342 g/mol. The van der Waals surface area contributed by atoms with Gasteiger partial charge in [-0.25, -0.2) is 4.85 Å². The standard InChI is InChI=1S/C20H17F3N2/c1-3-12-25(19-11-8-14-6-4-5-7-16(14)19)15-9-10-18(24-2)17(13-15)20(21,22)23/h3-7,9-10,13,19H,1,8,11-12H2. The Morgan fingerprint density at radius 1 is 1.24 bits per heavy atom. The van der Waals surface area contributed by atoms with E-state index in [1.165, 1.54) is 11.6 Å². The van der Waals surface area contributed by atoms with E-state index in [4.69, 9.17) is 6.57 Å². The molecule has 2 aromatic rings. The number of fused-ring (bicyclic) bond motifs is 1. The summed E-state index contributed by atoms with van der Waals surface area (Å²) in [5, 5.41) is 0. The molecule has 2 nitrogen and oxygen atoms in total. The predicted molar refractivity (Wildman–Crippen MR) is 92.8 cm³/mol. The highest BCUT2D eigenvalue weighted by Gasteiger charge is 2.35. The molecule has 2 aromatic carbocycles. The predicted octanol–water partition coefficient (Wildman–Crippen LogP) is 5.94. The molecule has 0 aromatic heterocycles. The highest BCUT2D eigenvalue weighted by atomic mass is 19.4. The van der Waals surface area contributed by atoms with Crippen LogP contribution < -0.4 is 4.90 Å². The first kappa shape index (κ1) is 17.1. The second-order valence-electron chi connectivity index (χ2n) is 6.01. The Morgan fingerprint density at radius 3 is 2.68 bits per heavy atom. The van der Waals surface area contributed by atoms with E-state index in [-0.39, 0.29) is 11.7 Å². The number of benzene rings is 2. The molecule has 0 aliphatic heterocycles. The van der Waals surface area contributed by atoms with Crippen LogP contribution in [0.5, 0.6) is 0 Å². The van der Waals surface area contributed by atoms with Crippen molar-refractivity contribution in [1.29, 1.82) is 0 Å². The Morgan fingerprint density at radius 2 is 2.00 bits per heavy atom. The normalized spacial score (nSPS) is 16.2. The number of anilines is 1. The molecule has 25 heavy (non-hydrogen) atoms. The van der Waals surface area contributed by atoms with Crippen molar-refractivity contribution in [2.24, 2.45) is 0 Å². The van der Waals surface area contributed by atoms with E-state index < -0.39 is 11.7 Å². The summed E-state index contributed by atoms with van der Waals surface area (Å²) >= 11 is 0. The van der Waals surface area contributed by atoms with E-state index in [1.807, 2.05) is 23.1 Å². The molecule has 1 unspecified atom stereocenters. The Hall–Kier alpha value is -2.74. The largest absolute Gasteiger partial charge is 0.407 e. The number of rotatable bonds is 4. The van der Waals surface area contributed by atoms with Crippen LogP contribution >= 0.6 is 0 Å². The fourth-order valence-corrected chi connectivity index (χ4v) is 3.44. The number of hydrogen-bond donors (Lipinski definition) is 0. The van der Waals surface area contributed by atoms with E-state index >= 15 is 0 Å². The van der Waals surface area contributed by atoms with Gasteiger partial charge in [0.2, 0.25) is 0 Å². The quantitative estimate of drug-likeness (QED) is 0.493. The van der Waals surface area contributed by atoms with Crippen LogP contribution in [0.2, 0.25) is 0 Å². The van der Waals surface area contributed by atoms with Gasteiger partial charge in [-0.2, -0.15) is 13.2 Å². The summed E-state index contributed by atoms with van der Waals surface area (Å²) in [6.07, 6.45) is -1.11. The molecule has 5 heteroatoms. The third-order valence-corrected chi connectivity index (χ3v) is 4.54. The highest BCUT2D eigenvalue weighted by Crippen LogP contribution is 2.42. The number of hydrogen-bond acceptors (Lipinski definition) is 1. The van der Waals surface area contributed by atoms with E-state index in [1.54, 1.807) is 12.1 Å². The summed E-state index contributed by atoms with van der Waals surface area (Å²) in [5.41, 5.74) is 1.57. The number of aryl methyl sites for hydroxylation is 1. The molecule has 0 saturated carbocycles. The molecular weight excluding hydrogens is 325 g/mol. The van der Waals surface area contributed by atoms with Crippen LogP contribution in [0.1, 0.15) is 29.2 Å². The number of halogens is 3. The van der Waals surface area contributed by atoms with Gasteiger partial charge in [0.15, 0.2) is 5.69 Å². The van der Waals surface area contributed by atoms with Gasteiger partial charge in [0.1, 0.15) is 0 Å².